The lowest BCUT2D eigenvalue weighted by atomic mass is 10.2. The standard InChI is InChI=1S/C14H13N3O2/c1-9-15-11(14(18)19)8-13(16-9)17-7-6-10-4-2-3-5-12(10)17/h2-5,8H,6-7H2,1H3,(H,18,19). The van der Waals surface area contributed by atoms with Gasteiger partial charge >= 0.3 is 5.97 Å². The first-order valence-corrected chi connectivity index (χ1v) is 6.09. The lowest BCUT2D eigenvalue weighted by Crippen LogP contribution is -2.17. The third-order valence-electron chi connectivity index (χ3n) is 3.21. The number of hydrogen-bond donors (Lipinski definition) is 1. The lowest BCUT2D eigenvalue weighted by Gasteiger charge is -2.18. The van der Waals surface area contributed by atoms with Gasteiger partial charge in [0.15, 0.2) is 5.69 Å². The summed E-state index contributed by atoms with van der Waals surface area (Å²) < 4.78 is 0. The Morgan fingerprint density at radius 3 is 2.89 bits per heavy atom. The molecule has 0 fully saturated rings. The van der Waals surface area contributed by atoms with Crippen LogP contribution >= 0.6 is 0 Å². The normalized spacial score (nSPS) is 13.4. The number of para-hydroxylation sites is 1. The first kappa shape index (κ1) is 11.6. The van der Waals surface area contributed by atoms with E-state index in [1.807, 2.05) is 23.1 Å². The van der Waals surface area contributed by atoms with E-state index in [1.165, 1.54) is 11.6 Å². The minimum Gasteiger partial charge on any atom is -0.477 e. The average molecular weight is 255 g/mol. The molecule has 19 heavy (non-hydrogen) atoms. The zero-order valence-electron chi connectivity index (χ0n) is 10.5. The van der Waals surface area contributed by atoms with Crippen LogP contribution in [0.15, 0.2) is 30.3 Å². The molecular weight excluding hydrogens is 242 g/mol. The molecule has 0 spiro atoms. The fraction of sp³-hybridized carbons (Fsp3) is 0.214. The summed E-state index contributed by atoms with van der Waals surface area (Å²) in [5.74, 6) is 0.0911. The summed E-state index contributed by atoms with van der Waals surface area (Å²) in [5.41, 5.74) is 2.39. The highest BCUT2D eigenvalue weighted by atomic mass is 16.4. The molecule has 1 aliphatic heterocycles. The minimum atomic E-state index is -1.03. The molecule has 1 aromatic heterocycles. The van der Waals surface area contributed by atoms with Gasteiger partial charge in [-0.2, -0.15) is 0 Å². The van der Waals surface area contributed by atoms with Crippen molar-refractivity contribution >= 4 is 17.5 Å². The molecule has 0 saturated heterocycles. The highest BCUT2D eigenvalue weighted by Crippen LogP contribution is 2.33. The van der Waals surface area contributed by atoms with Crippen LogP contribution in [0.2, 0.25) is 0 Å². The van der Waals surface area contributed by atoms with Gasteiger partial charge in [0.25, 0.3) is 0 Å². The molecule has 0 atom stereocenters. The molecule has 3 rings (SSSR count). The monoisotopic (exact) mass is 255 g/mol. The van der Waals surface area contributed by atoms with Crippen LogP contribution in [0.1, 0.15) is 21.9 Å². The predicted octanol–water partition coefficient (Wildman–Crippen LogP) is 2.18. The van der Waals surface area contributed by atoms with E-state index in [0.29, 0.717) is 11.6 Å². The molecule has 0 saturated carbocycles. The topological polar surface area (TPSA) is 66.3 Å². The second-order valence-electron chi connectivity index (χ2n) is 4.49. The number of aromatic carboxylic acids is 1. The number of aryl methyl sites for hydroxylation is 1. The van der Waals surface area contributed by atoms with Gasteiger partial charge in [0.05, 0.1) is 0 Å². The van der Waals surface area contributed by atoms with E-state index < -0.39 is 5.97 Å². The Bertz CT molecular complexity index is 655. The summed E-state index contributed by atoms with van der Waals surface area (Å²) in [5, 5.41) is 9.06. The van der Waals surface area contributed by atoms with Gasteiger partial charge < -0.3 is 10.0 Å². The van der Waals surface area contributed by atoms with E-state index in [-0.39, 0.29) is 5.69 Å². The van der Waals surface area contributed by atoms with Crippen LogP contribution in [-0.2, 0) is 6.42 Å². The van der Waals surface area contributed by atoms with E-state index in [0.717, 1.165) is 18.7 Å². The Morgan fingerprint density at radius 1 is 1.32 bits per heavy atom. The number of carbonyl (C=O) groups is 1. The van der Waals surface area contributed by atoms with Crippen LogP contribution in [-0.4, -0.2) is 27.6 Å². The van der Waals surface area contributed by atoms with E-state index in [4.69, 9.17) is 5.11 Å². The third kappa shape index (κ3) is 2.03. The van der Waals surface area contributed by atoms with Crippen LogP contribution < -0.4 is 4.90 Å². The number of anilines is 2. The van der Waals surface area contributed by atoms with Gasteiger partial charge in [0.1, 0.15) is 11.6 Å². The molecule has 0 amide bonds. The Labute approximate surface area is 110 Å². The summed E-state index contributed by atoms with van der Waals surface area (Å²) >= 11 is 0. The van der Waals surface area contributed by atoms with Crippen molar-refractivity contribution in [1.82, 2.24) is 9.97 Å². The zero-order chi connectivity index (χ0) is 13.4. The highest BCUT2D eigenvalue weighted by molar-refractivity contribution is 5.86. The lowest BCUT2D eigenvalue weighted by molar-refractivity contribution is 0.0690. The second kappa shape index (κ2) is 4.35. The fourth-order valence-electron chi connectivity index (χ4n) is 2.38. The molecule has 96 valence electrons. The number of carboxylic acids is 1. The molecule has 1 N–H and O–H groups in total. The van der Waals surface area contributed by atoms with E-state index in [1.54, 1.807) is 6.92 Å². The van der Waals surface area contributed by atoms with Crippen LogP contribution in [0.25, 0.3) is 0 Å². The van der Waals surface area contributed by atoms with Crippen LogP contribution in [0.3, 0.4) is 0 Å². The van der Waals surface area contributed by atoms with Crippen molar-refractivity contribution in [3.05, 3.63) is 47.4 Å². The second-order valence-corrected chi connectivity index (χ2v) is 4.49. The van der Waals surface area contributed by atoms with Crippen molar-refractivity contribution in [3.63, 3.8) is 0 Å². The van der Waals surface area contributed by atoms with Gasteiger partial charge in [-0.05, 0) is 25.0 Å². The maximum absolute atomic E-state index is 11.1. The summed E-state index contributed by atoms with van der Waals surface area (Å²) in [7, 11) is 0. The Balaban J connectivity index is 2.07. The smallest absolute Gasteiger partial charge is 0.354 e. The number of rotatable bonds is 2. The van der Waals surface area contributed by atoms with Crippen LogP contribution in [0.4, 0.5) is 11.5 Å². The Morgan fingerprint density at radius 2 is 2.11 bits per heavy atom. The van der Waals surface area contributed by atoms with Crippen molar-refractivity contribution in [2.75, 3.05) is 11.4 Å². The first-order chi connectivity index (χ1) is 9.15. The number of nitrogens with zero attached hydrogens (tertiary/aromatic N) is 3. The van der Waals surface area contributed by atoms with Gasteiger partial charge in [-0.1, -0.05) is 18.2 Å². The number of hydrogen-bond acceptors (Lipinski definition) is 4. The van der Waals surface area contributed by atoms with Crippen molar-refractivity contribution in [3.8, 4) is 0 Å². The SMILES string of the molecule is Cc1nc(C(=O)O)cc(N2CCc3ccccc32)n1. The van der Waals surface area contributed by atoms with Gasteiger partial charge in [-0.25, -0.2) is 14.8 Å². The molecule has 2 heterocycles. The van der Waals surface area contributed by atoms with Gasteiger partial charge in [-0.3, -0.25) is 0 Å². The molecule has 5 nitrogen and oxygen atoms in total. The minimum absolute atomic E-state index is 0.0341. The molecule has 1 aliphatic rings. The number of aromatic nitrogens is 2. The molecule has 0 aliphatic carbocycles. The maximum atomic E-state index is 11.1. The quantitative estimate of drug-likeness (QED) is 0.890. The van der Waals surface area contributed by atoms with Crippen molar-refractivity contribution in [2.24, 2.45) is 0 Å². The molecular formula is C14H13N3O2. The molecule has 0 unspecified atom stereocenters. The van der Waals surface area contributed by atoms with Crippen LogP contribution in [0, 0.1) is 6.92 Å². The largest absolute Gasteiger partial charge is 0.477 e. The van der Waals surface area contributed by atoms with Crippen molar-refractivity contribution < 1.29 is 9.90 Å². The summed E-state index contributed by atoms with van der Waals surface area (Å²) in [6, 6.07) is 9.62. The van der Waals surface area contributed by atoms with Gasteiger partial charge in [-0.15, -0.1) is 0 Å². The first-order valence-electron chi connectivity index (χ1n) is 6.09. The van der Waals surface area contributed by atoms with Crippen molar-refractivity contribution in [1.29, 1.82) is 0 Å². The number of fused-ring (bicyclic) bond motifs is 1. The van der Waals surface area contributed by atoms with Crippen molar-refractivity contribution in [2.45, 2.75) is 13.3 Å². The zero-order valence-corrected chi connectivity index (χ0v) is 10.5. The third-order valence-corrected chi connectivity index (χ3v) is 3.21. The van der Waals surface area contributed by atoms with Crippen LogP contribution in [0.5, 0.6) is 0 Å². The number of benzene rings is 1. The fourth-order valence-corrected chi connectivity index (χ4v) is 2.38. The molecule has 1 aromatic carbocycles. The average Bonchev–Trinajstić information content (AvgIpc) is 2.81. The van der Waals surface area contributed by atoms with Gasteiger partial charge in [0, 0.05) is 18.3 Å². The Hall–Kier alpha value is -2.43. The maximum Gasteiger partial charge on any atom is 0.354 e. The summed E-state index contributed by atoms with van der Waals surface area (Å²) in [6.07, 6.45) is 0.946. The van der Waals surface area contributed by atoms with E-state index in [9.17, 15) is 4.79 Å². The molecule has 0 bridgehead atoms. The Kier molecular flexibility index (Phi) is 2.67. The van der Waals surface area contributed by atoms with E-state index >= 15 is 0 Å². The predicted molar refractivity (Wildman–Crippen MR) is 70.9 cm³/mol. The molecule has 5 heteroatoms. The number of carboxylic acid groups (broad SMARTS) is 1. The highest BCUT2D eigenvalue weighted by Gasteiger charge is 2.22. The summed E-state index contributed by atoms with van der Waals surface area (Å²) in [6.45, 7) is 2.52. The molecule has 2 aromatic rings. The van der Waals surface area contributed by atoms with Gasteiger partial charge in [0.2, 0.25) is 0 Å². The molecule has 0 radical (unpaired) electrons. The summed E-state index contributed by atoms with van der Waals surface area (Å²) in [4.78, 5) is 21.4. The van der Waals surface area contributed by atoms with E-state index in [2.05, 4.69) is 16.0 Å².